The van der Waals surface area contributed by atoms with Crippen molar-refractivity contribution in [3.63, 3.8) is 0 Å². The van der Waals surface area contributed by atoms with E-state index in [0.717, 1.165) is 18.2 Å². The van der Waals surface area contributed by atoms with E-state index in [1.165, 1.54) is 0 Å². The van der Waals surface area contributed by atoms with Crippen molar-refractivity contribution in [1.82, 2.24) is 15.0 Å². The van der Waals surface area contributed by atoms with Crippen molar-refractivity contribution >= 4 is 22.7 Å². The Morgan fingerprint density at radius 1 is 1.38 bits per heavy atom. The number of rotatable bonds is 7. The van der Waals surface area contributed by atoms with E-state index < -0.39 is 0 Å². The molecule has 26 heavy (non-hydrogen) atoms. The number of aromatic nitrogens is 3. The Morgan fingerprint density at radius 2 is 2.15 bits per heavy atom. The van der Waals surface area contributed by atoms with Crippen LogP contribution in [0.4, 0.5) is 11.8 Å². The molecular weight excluding hydrogens is 330 g/mol. The first kappa shape index (κ1) is 18.3. The standard InChI is InChI=1S/C18H25N7O/c1-10(9-26-3)11(2)22-17-16-12(4-15(7-19)23-17)8-21-18(25-16)24-14-5-13(20)6-14/h4,8,10-11,13-14H,5-6,9,20H2,1-3H3,(H,22,23)(H,21,24,25)/t10?,11-,13?,14?/m0/s1. The van der Waals surface area contributed by atoms with E-state index in [-0.39, 0.29) is 18.0 Å². The highest BCUT2D eigenvalue weighted by atomic mass is 16.5. The van der Waals surface area contributed by atoms with Gasteiger partial charge in [0.25, 0.3) is 0 Å². The smallest absolute Gasteiger partial charge is 0.223 e. The normalized spacial score (nSPS) is 21.5. The van der Waals surface area contributed by atoms with Crippen LogP contribution in [0.3, 0.4) is 0 Å². The van der Waals surface area contributed by atoms with Gasteiger partial charge < -0.3 is 21.1 Å². The Balaban J connectivity index is 1.89. The van der Waals surface area contributed by atoms with E-state index >= 15 is 0 Å². The fourth-order valence-electron chi connectivity index (χ4n) is 2.99. The highest BCUT2D eigenvalue weighted by molar-refractivity contribution is 5.89. The maximum absolute atomic E-state index is 9.26. The first-order valence-electron chi connectivity index (χ1n) is 8.85. The van der Waals surface area contributed by atoms with Crippen LogP contribution in [0.25, 0.3) is 10.9 Å². The lowest BCUT2D eigenvalue weighted by Crippen LogP contribution is -2.44. The minimum Gasteiger partial charge on any atom is -0.384 e. The van der Waals surface area contributed by atoms with Crippen LogP contribution in [0.2, 0.25) is 0 Å². The number of anilines is 2. The monoisotopic (exact) mass is 355 g/mol. The summed E-state index contributed by atoms with van der Waals surface area (Å²) in [5.74, 6) is 1.42. The highest BCUT2D eigenvalue weighted by Gasteiger charge is 2.26. The molecule has 2 aromatic rings. The molecule has 0 bridgehead atoms. The van der Waals surface area contributed by atoms with Crippen LogP contribution in [0.15, 0.2) is 12.3 Å². The summed E-state index contributed by atoms with van der Waals surface area (Å²) in [6.07, 6.45) is 3.56. The summed E-state index contributed by atoms with van der Waals surface area (Å²) in [5, 5.41) is 16.7. The second kappa shape index (κ2) is 7.81. The average molecular weight is 355 g/mol. The van der Waals surface area contributed by atoms with E-state index in [1.54, 1.807) is 19.4 Å². The topological polar surface area (TPSA) is 122 Å². The van der Waals surface area contributed by atoms with Crippen LogP contribution in [-0.2, 0) is 4.74 Å². The number of methoxy groups -OCH3 is 1. The van der Waals surface area contributed by atoms with Gasteiger partial charge in [0, 0.05) is 36.8 Å². The van der Waals surface area contributed by atoms with Gasteiger partial charge in [-0.15, -0.1) is 0 Å². The van der Waals surface area contributed by atoms with Crippen LogP contribution in [0.5, 0.6) is 0 Å². The SMILES string of the molecule is COCC(C)[C@H](C)Nc1nc(C#N)cc2cnc(NC3CC(N)C3)nc12. The maximum atomic E-state index is 9.26. The van der Waals surface area contributed by atoms with Crippen molar-refractivity contribution in [1.29, 1.82) is 5.26 Å². The number of fused-ring (bicyclic) bond motifs is 1. The summed E-state index contributed by atoms with van der Waals surface area (Å²) in [7, 11) is 1.69. The summed E-state index contributed by atoms with van der Waals surface area (Å²) in [4.78, 5) is 13.4. The lowest BCUT2D eigenvalue weighted by atomic mass is 9.88. The van der Waals surface area contributed by atoms with E-state index in [9.17, 15) is 5.26 Å². The molecule has 8 nitrogen and oxygen atoms in total. The Labute approximate surface area is 153 Å². The first-order valence-corrected chi connectivity index (χ1v) is 8.85. The van der Waals surface area contributed by atoms with Gasteiger partial charge in [-0.3, -0.25) is 0 Å². The minimum atomic E-state index is 0.107. The molecule has 1 aliphatic carbocycles. The lowest BCUT2D eigenvalue weighted by molar-refractivity contribution is 0.153. The molecule has 0 amide bonds. The number of nitrogens with one attached hydrogen (secondary N) is 2. The molecule has 0 spiro atoms. The van der Waals surface area contributed by atoms with Crippen LogP contribution >= 0.6 is 0 Å². The largest absolute Gasteiger partial charge is 0.384 e. The van der Waals surface area contributed by atoms with Gasteiger partial charge in [0.05, 0.1) is 6.61 Å². The van der Waals surface area contributed by atoms with Crippen molar-refractivity contribution in [3.8, 4) is 6.07 Å². The molecule has 0 aromatic carbocycles. The molecular formula is C18H25N7O. The Morgan fingerprint density at radius 3 is 2.81 bits per heavy atom. The van der Waals surface area contributed by atoms with E-state index in [1.807, 2.05) is 0 Å². The summed E-state index contributed by atoms with van der Waals surface area (Å²) < 4.78 is 5.23. The Hall–Kier alpha value is -2.50. The lowest BCUT2D eigenvalue weighted by Gasteiger charge is -2.32. The quantitative estimate of drug-likeness (QED) is 0.688. The Kier molecular flexibility index (Phi) is 5.49. The van der Waals surface area contributed by atoms with Gasteiger partial charge in [-0.05, 0) is 31.7 Å². The van der Waals surface area contributed by atoms with Crippen molar-refractivity contribution in [3.05, 3.63) is 18.0 Å². The summed E-state index contributed by atoms with van der Waals surface area (Å²) in [6, 6.07) is 4.47. The Bertz CT molecular complexity index is 813. The predicted molar refractivity (Wildman–Crippen MR) is 101 cm³/mol. The highest BCUT2D eigenvalue weighted by Crippen LogP contribution is 2.25. The van der Waals surface area contributed by atoms with Crippen LogP contribution in [0, 0.1) is 17.2 Å². The molecule has 8 heteroatoms. The van der Waals surface area contributed by atoms with Crippen molar-refractivity contribution in [2.45, 2.75) is 44.8 Å². The van der Waals surface area contributed by atoms with Gasteiger partial charge in [-0.25, -0.2) is 15.0 Å². The molecule has 2 atom stereocenters. The molecule has 1 unspecified atom stereocenters. The maximum Gasteiger partial charge on any atom is 0.223 e. The number of hydrogen-bond acceptors (Lipinski definition) is 8. The number of nitrogens with zero attached hydrogens (tertiary/aromatic N) is 4. The molecule has 1 aliphatic rings. The summed E-state index contributed by atoms with van der Waals surface area (Å²) in [5.41, 5.74) is 6.87. The molecule has 0 radical (unpaired) electrons. The average Bonchev–Trinajstić information content (AvgIpc) is 2.60. The van der Waals surface area contributed by atoms with E-state index in [2.05, 4.69) is 45.5 Å². The molecule has 4 N–H and O–H groups in total. The molecule has 0 aliphatic heterocycles. The van der Waals surface area contributed by atoms with E-state index in [0.29, 0.717) is 35.6 Å². The third-order valence-corrected chi connectivity index (χ3v) is 4.84. The number of nitriles is 1. The summed E-state index contributed by atoms with van der Waals surface area (Å²) >= 11 is 0. The zero-order valence-corrected chi connectivity index (χ0v) is 15.4. The van der Waals surface area contributed by atoms with Crippen LogP contribution in [0.1, 0.15) is 32.4 Å². The van der Waals surface area contributed by atoms with Gasteiger partial charge in [0.15, 0.2) is 5.82 Å². The fraction of sp³-hybridized carbons (Fsp3) is 0.556. The molecule has 1 saturated carbocycles. The molecule has 3 rings (SSSR count). The number of pyridine rings is 1. The fourth-order valence-corrected chi connectivity index (χ4v) is 2.99. The number of nitrogens with two attached hydrogens (primary N) is 1. The minimum absolute atomic E-state index is 0.107. The van der Waals surface area contributed by atoms with Crippen molar-refractivity contribution in [2.75, 3.05) is 24.4 Å². The third kappa shape index (κ3) is 4.00. The zero-order valence-electron chi connectivity index (χ0n) is 15.4. The first-order chi connectivity index (χ1) is 12.5. The third-order valence-electron chi connectivity index (χ3n) is 4.84. The predicted octanol–water partition coefficient (Wildman–Crippen LogP) is 1.88. The van der Waals surface area contributed by atoms with Crippen LogP contribution < -0.4 is 16.4 Å². The number of hydrogen-bond donors (Lipinski definition) is 3. The van der Waals surface area contributed by atoms with Gasteiger partial charge in [-0.2, -0.15) is 5.26 Å². The summed E-state index contributed by atoms with van der Waals surface area (Å²) in [6.45, 7) is 4.79. The molecule has 0 saturated heterocycles. The van der Waals surface area contributed by atoms with Crippen LogP contribution in [-0.4, -0.2) is 46.8 Å². The van der Waals surface area contributed by atoms with Gasteiger partial charge >= 0.3 is 0 Å². The molecule has 1 fully saturated rings. The van der Waals surface area contributed by atoms with Gasteiger partial charge in [0.1, 0.15) is 17.3 Å². The second-order valence-corrected chi connectivity index (χ2v) is 7.04. The van der Waals surface area contributed by atoms with Gasteiger partial charge in [-0.1, -0.05) is 6.92 Å². The zero-order chi connectivity index (χ0) is 18.7. The number of ether oxygens (including phenoxy) is 1. The molecule has 2 aromatic heterocycles. The van der Waals surface area contributed by atoms with Crippen molar-refractivity contribution < 1.29 is 4.74 Å². The molecule has 138 valence electrons. The second-order valence-electron chi connectivity index (χ2n) is 7.04. The van der Waals surface area contributed by atoms with E-state index in [4.69, 9.17) is 10.5 Å². The van der Waals surface area contributed by atoms with Gasteiger partial charge in [0.2, 0.25) is 5.95 Å². The molecule has 2 heterocycles. The van der Waals surface area contributed by atoms with Crippen molar-refractivity contribution in [2.24, 2.45) is 11.7 Å².